The van der Waals surface area contributed by atoms with Crippen molar-refractivity contribution in [2.45, 2.75) is 25.4 Å². The quantitative estimate of drug-likeness (QED) is 0.486. The Morgan fingerprint density at radius 1 is 1.54 bits per heavy atom. The van der Waals surface area contributed by atoms with Crippen LogP contribution in [0.2, 0.25) is 0 Å². The molecule has 1 saturated carbocycles. The van der Waals surface area contributed by atoms with Gasteiger partial charge in [0.05, 0.1) is 5.41 Å². The second kappa shape index (κ2) is 2.43. The average molecular weight is 208 g/mol. The standard InChI is InChI=1S/C7H9FO4S/c8-13(10,11)4-5-3-7(1-2-7)6(9)12-5/h5H,1-4H2. The Morgan fingerprint density at radius 3 is 2.54 bits per heavy atom. The number of rotatable bonds is 2. The fraction of sp³-hybridized carbons (Fsp3) is 0.857. The number of ether oxygens (including phenoxy) is 1. The Balaban J connectivity index is 2.03. The van der Waals surface area contributed by atoms with Crippen molar-refractivity contribution in [3.63, 3.8) is 0 Å². The highest BCUT2D eigenvalue weighted by Gasteiger charge is 2.58. The van der Waals surface area contributed by atoms with Crippen molar-refractivity contribution >= 4 is 16.2 Å². The SMILES string of the molecule is O=C1OC(CS(=O)(=O)F)CC12CC2. The molecule has 0 aromatic heterocycles. The molecule has 1 saturated heterocycles. The van der Waals surface area contributed by atoms with Crippen molar-refractivity contribution in [1.82, 2.24) is 0 Å². The van der Waals surface area contributed by atoms with Crippen LogP contribution in [0, 0.1) is 5.41 Å². The summed E-state index contributed by atoms with van der Waals surface area (Å²) in [7, 11) is -4.53. The monoisotopic (exact) mass is 208 g/mol. The lowest BCUT2D eigenvalue weighted by Gasteiger charge is -2.03. The first-order chi connectivity index (χ1) is 5.91. The molecule has 0 amide bonds. The van der Waals surface area contributed by atoms with E-state index < -0.39 is 27.5 Å². The van der Waals surface area contributed by atoms with E-state index in [1.54, 1.807) is 0 Å². The minimum atomic E-state index is -4.53. The van der Waals surface area contributed by atoms with Gasteiger partial charge in [0.25, 0.3) is 0 Å². The molecule has 2 rings (SSSR count). The van der Waals surface area contributed by atoms with E-state index >= 15 is 0 Å². The van der Waals surface area contributed by atoms with Crippen molar-refractivity contribution in [3.8, 4) is 0 Å². The maximum atomic E-state index is 12.2. The molecule has 1 spiro atoms. The average Bonchev–Trinajstić information content (AvgIpc) is 2.58. The topological polar surface area (TPSA) is 60.4 Å². The Bertz CT molecular complexity index is 344. The second-order valence-electron chi connectivity index (χ2n) is 3.72. The molecule has 4 nitrogen and oxygen atoms in total. The third kappa shape index (κ3) is 1.67. The van der Waals surface area contributed by atoms with Gasteiger partial charge >= 0.3 is 16.2 Å². The first-order valence-electron chi connectivity index (χ1n) is 4.05. The molecule has 1 aliphatic carbocycles. The maximum Gasteiger partial charge on any atom is 0.312 e. The van der Waals surface area contributed by atoms with Crippen LogP contribution in [0.15, 0.2) is 0 Å². The summed E-state index contributed by atoms with van der Waals surface area (Å²) in [5, 5.41) is 0. The molecule has 0 bridgehead atoms. The van der Waals surface area contributed by atoms with Crippen LogP contribution in [-0.4, -0.2) is 26.2 Å². The zero-order valence-corrected chi connectivity index (χ0v) is 7.64. The van der Waals surface area contributed by atoms with E-state index in [9.17, 15) is 17.1 Å². The van der Waals surface area contributed by atoms with Crippen molar-refractivity contribution in [1.29, 1.82) is 0 Å². The molecule has 13 heavy (non-hydrogen) atoms. The van der Waals surface area contributed by atoms with Gasteiger partial charge in [0.2, 0.25) is 0 Å². The molecular formula is C7H9FO4S. The largest absolute Gasteiger partial charge is 0.461 e. The molecule has 0 aromatic rings. The lowest BCUT2D eigenvalue weighted by molar-refractivity contribution is -0.144. The summed E-state index contributed by atoms with van der Waals surface area (Å²) >= 11 is 0. The highest BCUT2D eigenvalue weighted by Crippen LogP contribution is 2.54. The minimum Gasteiger partial charge on any atom is -0.461 e. The van der Waals surface area contributed by atoms with E-state index in [4.69, 9.17) is 4.74 Å². The summed E-state index contributed by atoms with van der Waals surface area (Å²) in [5.41, 5.74) is -0.449. The van der Waals surface area contributed by atoms with E-state index in [1.807, 2.05) is 0 Å². The first-order valence-corrected chi connectivity index (χ1v) is 5.60. The van der Waals surface area contributed by atoms with Gasteiger partial charge < -0.3 is 4.74 Å². The van der Waals surface area contributed by atoms with E-state index in [0.29, 0.717) is 6.42 Å². The Labute approximate surface area is 75.3 Å². The number of hydrogen-bond donors (Lipinski definition) is 0. The van der Waals surface area contributed by atoms with Gasteiger partial charge in [0, 0.05) is 6.42 Å². The molecule has 1 heterocycles. The van der Waals surface area contributed by atoms with Gasteiger partial charge in [-0.2, -0.15) is 8.42 Å². The van der Waals surface area contributed by atoms with Gasteiger partial charge in [-0.1, -0.05) is 0 Å². The fourth-order valence-corrected chi connectivity index (χ4v) is 2.34. The lowest BCUT2D eigenvalue weighted by Crippen LogP contribution is -2.17. The Morgan fingerprint density at radius 2 is 2.15 bits per heavy atom. The number of hydrogen-bond acceptors (Lipinski definition) is 4. The summed E-state index contributed by atoms with van der Waals surface area (Å²) in [6.07, 6.45) is 1.07. The van der Waals surface area contributed by atoms with Crippen LogP contribution in [0.3, 0.4) is 0 Å². The van der Waals surface area contributed by atoms with Crippen molar-refractivity contribution in [2.75, 3.05) is 5.75 Å². The summed E-state index contributed by atoms with van der Waals surface area (Å²) in [6, 6.07) is 0. The van der Waals surface area contributed by atoms with E-state index in [1.165, 1.54) is 0 Å². The third-order valence-corrected chi connectivity index (χ3v) is 3.33. The van der Waals surface area contributed by atoms with Gasteiger partial charge in [-0.15, -0.1) is 3.89 Å². The number of cyclic esters (lactones) is 1. The summed E-state index contributed by atoms with van der Waals surface area (Å²) in [6.45, 7) is 0. The molecule has 2 fully saturated rings. The van der Waals surface area contributed by atoms with E-state index in [-0.39, 0.29) is 5.97 Å². The highest BCUT2D eigenvalue weighted by molar-refractivity contribution is 7.86. The zero-order valence-electron chi connectivity index (χ0n) is 6.82. The molecule has 1 atom stereocenters. The lowest BCUT2D eigenvalue weighted by atomic mass is 10.0. The molecule has 0 radical (unpaired) electrons. The van der Waals surface area contributed by atoms with Gasteiger partial charge in [0.15, 0.2) is 0 Å². The van der Waals surface area contributed by atoms with Crippen LogP contribution < -0.4 is 0 Å². The zero-order chi connectivity index (χ0) is 9.69. The number of carbonyl (C=O) groups excluding carboxylic acids is 1. The number of halogens is 1. The van der Waals surface area contributed by atoms with Gasteiger partial charge in [-0.25, -0.2) is 0 Å². The molecule has 6 heteroatoms. The Hall–Kier alpha value is -0.650. The molecule has 74 valence electrons. The van der Waals surface area contributed by atoms with Crippen molar-refractivity contribution in [3.05, 3.63) is 0 Å². The van der Waals surface area contributed by atoms with Crippen LogP contribution in [0.5, 0.6) is 0 Å². The molecule has 1 unspecified atom stereocenters. The van der Waals surface area contributed by atoms with Crippen LogP contribution in [0.4, 0.5) is 3.89 Å². The van der Waals surface area contributed by atoms with Gasteiger partial charge in [-0.05, 0) is 12.8 Å². The summed E-state index contributed by atoms with van der Waals surface area (Å²) in [4.78, 5) is 11.1. The first kappa shape index (κ1) is 8.93. The smallest absolute Gasteiger partial charge is 0.312 e. The van der Waals surface area contributed by atoms with Crippen LogP contribution in [0.1, 0.15) is 19.3 Å². The molecule has 0 aromatic carbocycles. The Kier molecular flexibility index (Phi) is 1.67. The third-order valence-electron chi connectivity index (χ3n) is 2.56. The number of carbonyl (C=O) groups is 1. The van der Waals surface area contributed by atoms with Gasteiger partial charge in [-0.3, -0.25) is 4.79 Å². The van der Waals surface area contributed by atoms with Crippen molar-refractivity contribution in [2.24, 2.45) is 5.41 Å². The molecule has 0 N–H and O–H groups in total. The van der Waals surface area contributed by atoms with Crippen LogP contribution >= 0.6 is 0 Å². The summed E-state index contributed by atoms with van der Waals surface area (Å²) < 4.78 is 37.5. The van der Waals surface area contributed by atoms with E-state index in [0.717, 1.165) is 12.8 Å². The molecule has 1 aliphatic heterocycles. The minimum absolute atomic E-state index is 0.356. The fourth-order valence-electron chi connectivity index (χ4n) is 1.71. The number of esters is 1. The van der Waals surface area contributed by atoms with Crippen LogP contribution in [0.25, 0.3) is 0 Å². The predicted molar refractivity (Wildman–Crippen MR) is 41.1 cm³/mol. The second-order valence-corrected chi connectivity index (χ2v) is 5.13. The highest BCUT2D eigenvalue weighted by atomic mass is 32.3. The van der Waals surface area contributed by atoms with Gasteiger partial charge in [0.1, 0.15) is 11.9 Å². The molecule has 2 aliphatic rings. The summed E-state index contributed by atoms with van der Waals surface area (Å²) in [5.74, 6) is -1.05. The van der Waals surface area contributed by atoms with Crippen LogP contribution in [-0.2, 0) is 19.8 Å². The molecular weight excluding hydrogens is 199 g/mol. The maximum absolute atomic E-state index is 12.2. The normalized spacial score (nSPS) is 30.5. The van der Waals surface area contributed by atoms with Crippen molar-refractivity contribution < 1.29 is 21.8 Å². The predicted octanol–water partition coefficient (Wildman–Crippen LogP) is 0.381. The van der Waals surface area contributed by atoms with E-state index in [2.05, 4.69) is 0 Å².